The fourth-order valence-electron chi connectivity index (χ4n) is 4.17. The molecule has 4 nitrogen and oxygen atoms in total. The lowest BCUT2D eigenvalue weighted by molar-refractivity contribution is -0.145. The number of fused-ring (bicyclic) bond motifs is 1. The van der Waals surface area contributed by atoms with Crippen LogP contribution in [0.15, 0.2) is 60.7 Å². The van der Waals surface area contributed by atoms with Gasteiger partial charge in [-0.25, -0.2) is 4.98 Å². The molecule has 0 saturated carbocycles. The molecule has 0 spiro atoms. The molecular weight excluding hydrogens is 403 g/mol. The summed E-state index contributed by atoms with van der Waals surface area (Å²) in [5.41, 5.74) is 3.63. The lowest BCUT2D eigenvalue weighted by Gasteiger charge is -2.38. The monoisotopic (exact) mass is 427 g/mol. The maximum atomic E-state index is 13.4. The molecule has 4 rings (SSSR count). The molecule has 1 aliphatic rings. The molecule has 1 unspecified atom stereocenters. The largest absolute Gasteiger partial charge is 0.481 e. The molecule has 3 aromatic rings. The Morgan fingerprint density at radius 1 is 1.03 bits per heavy atom. The molecule has 1 atom stereocenters. The van der Waals surface area contributed by atoms with Crippen LogP contribution in [0.4, 0.5) is 19.0 Å². The van der Waals surface area contributed by atoms with E-state index in [9.17, 15) is 13.2 Å². The van der Waals surface area contributed by atoms with Crippen LogP contribution >= 0.6 is 0 Å². The molecule has 0 bridgehead atoms. The molecule has 2 heterocycles. The lowest BCUT2D eigenvalue weighted by Crippen LogP contribution is -2.36. The zero-order valence-electron chi connectivity index (χ0n) is 17.3. The van der Waals surface area contributed by atoms with Gasteiger partial charge in [-0.1, -0.05) is 54.6 Å². The quantitative estimate of drug-likeness (QED) is 0.511. The molecule has 31 heavy (non-hydrogen) atoms. The SMILES string of the molecule is COc1cc(N2CCc3ccccc3C2CCCc2ccccc2)nc(C(F)(F)F)n1. The van der Waals surface area contributed by atoms with E-state index < -0.39 is 12.0 Å². The number of rotatable bonds is 6. The third-order valence-electron chi connectivity index (χ3n) is 5.64. The van der Waals surface area contributed by atoms with Crippen molar-refractivity contribution in [1.82, 2.24) is 9.97 Å². The Bertz CT molecular complexity index is 1020. The smallest absolute Gasteiger partial charge is 0.451 e. The topological polar surface area (TPSA) is 38.2 Å². The Morgan fingerprint density at radius 2 is 1.77 bits per heavy atom. The van der Waals surface area contributed by atoms with Gasteiger partial charge < -0.3 is 9.64 Å². The number of methoxy groups -OCH3 is 1. The van der Waals surface area contributed by atoms with E-state index >= 15 is 0 Å². The van der Waals surface area contributed by atoms with Crippen LogP contribution < -0.4 is 9.64 Å². The second-order valence-electron chi connectivity index (χ2n) is 7.63. The highest BCUT2D eigenvalue weighted by Gasteiger charge is 2.37. The van der Waals surface area contributed by atoms with Crippen molar-refractivity contribution >= 4 is 5.82 Å². The Balaban J connectivity index is 1.65. The number of alkyl halides is 3. The number of hydrogen-bond acceptors (Lipinski definition) is 4. The van der Waals surface area contributed by atoms with Gasteiger partial charge >= 0.3 is 6.18 Å². The summed E-state index contributed by atoms with van der Waals surface area (Å²) in [5.74, 6) is -1.01. The Hall–Kier alpha value is -3.09. The summed E-state index contributed by atoms with van der Waals surface area (Å²) in [6, 6.07) is 19.8. The summed E-state index contributed by atoms with van der Waals surface area (Å²) < 4.78 is 45.2. The summed E-state index contributed by atoms with van der Waals surface area (Å²) in [6.45, 7) is 0.588. The average Bonchev–Trinajstić information content (AvgIpc) is 2.79. The molecule has 0 fully saturated rings. The van der Waals surface area contributed by atoms with E-state index in [0.29, 0.717) is 6.54 Å². The number of benzene rings is 2. The number of hydrogen-bond donors (Lipinski definition) is 0. The fraction of sp³-hybridized carbons (Fsp3) is 0.333. The molecule has 0 aliphatic carbocycles. The number of aryl methyl sites for hydroxylation is 1. The van der Waals surface area contributed by atoms with Crippen LogP contribution in [-0.4, -0.2) is 23.6 Å². The third-order valence-corrected chi connectivity index (χ3v) is 5.64. The maximum Gasteiger partial charge on any atom is 0.451 e. The van der Waals surface area contributed by atoms with Crippen LogP contribution in [0, 0.1) is 0 Å². The van der Waals surface area contributed by atoms with Crippen LogP contribution in [0.25, 0.3) is 0 Å². The van der Waals surface area contributed by atoms with E-state index in [0.717, 1.165) is 31.2 Å². The van der Waals surface area contributed by atoms with Gasteiger partial charge in [-0.15, -0.1) is 0 Å². The van der Waals surface area contributed by atoms with Crippen molar-refractivity contribution in [2.75, 3.05) is 18.6 Å². The van der Waals surface area contributed by atoms with Crippen LogP contribution in [0.3, 0.4) is 0 Å². The van der Waals surface area contributed by atoms with Crippen molar-refractivity contribution in [3.63, 3.8) is 0 Å². The van der Waals surface area contributed by atoms with Crippen molar-refractivity contribution in [2.24, 2.45) is 0 Å². The van der Waals surface area contributed by atoms with Crippen molar-refractivity contribution in [3.05, 3.63) is 83.2 Å². The highest BCUT2D eigenvalue weighted by molar-refractivity contribution is 5.49. The third kappa shape index (κ3) is 4.81. The summed E-state index contributed by atoms with van der Waals surface area (Å²) in [4.78, 5) is 9.34. The number of nitrogens with zero attached hydrogens (tertiary/aromatic N) is 3. The number of aromatic nitrogens is 2. The minimum atomic E-state index is -4.64. The van der Waals surface area contributed by atoms with E-state index in [4.69, 9.17) is 4.74 Å². The van der Waals surface area contributed by atoms with Gasteiger partial charge in [0.05, 0.1) is 13.2 Å². The fourth-order valence-corrected chi connectivity index (χ4v) is 4.17. The molecule has 1 aliphatic heterocycles. The summed E-state index contributed by atoms with van der Waals surface area (Å²) in [6.07, 6.45) is -1.26. The zero-order valence-corrected chi connectivity index (χ0v) is 17.3. The molecule has 1 aromatic heterocycles. The first-order chi connectivity index (χ1) is 15.0. The number of ether oxygens (including phenoxy) is 1. The van der Waals surface area contributed by atoms with Crippen LogP contribution in [0.1, 0.15) is 41.4 Å². The van der Waals surface area contributed by atoms with E-state index in [1.807, 2.05) is 35.2 Å². The van der Waals surface area contributed by atoms with Crippen LogP contribution in [0.2, 0.25) is 0 Å². The predicted molar refractivity (Wildman–Crippen MR) is 113 cm³/mol. The highest BCUT2D eigenvalue weighted by Crippen LogP contribution is 2.38. The van der Waals surface area contributed by atoms with Gasteiger partial charge in [0.1, 0.15) is 5.82 Å². The summed E-state index contributed by atoms with van der Waals surface area (Å²) >= 11 is 0. The number of anilines is 1. The minimum absolute atomic E-state index is 0.0608. The first-order valence-electron chi connectivity index (χ1n) is 10.3. The summed E-state index contributed by atoms with van der Waals surface area (Å²) in [5, 5.41) is 0. The molecule has 0 radical (unpaired) electrons. The van der Waals surface area contributed by atoms with Gasteiger partial charge in [0, 0.05) is 12.6 Å². The molecule has 0 saturated heterocycles. The Labute approximate surface area is 179 Å². The second kappa shape index (κ2) is 8.96. The van der Waals surface area contributed by atoms with Crippen molar-refractivity contribution in [2.45, 2.75) is 37.9 Å². The highest BCUT2D eigenvalue weighted by atomic mass is 19.4. The van der Waals surface area contributed by atoms with E-state index in [1.54, 1.807) is 0 Å². The van der Waals surface area contributed by atoms with Gasteiger partial charge in [0.15, 0.2) is 0 Å². The molecule has 0 N–H and O–H groups in total. The van der Waals surface area contributed by atoms with Crippen LogP contribution in [-0.2, 0) is 19.0 Å². The van der Waals surface area contributed by atoms with Gasteiger partial charge in [-0.05, 0) is 42.4 Å². The standard InChI is InChI=1S/C24H24F3N3O/c1-31-22-16-21(28-23(29-22)24(25,26)27)30-15-14-18-11-5-6-12-19(18)20(30)13-7-10-17-8-3-2-4-9-17/h2-6,8-9,11-12,16,20H,7,10,13-15H2,1H3. The van der Waals surface area contributed by atoms with Gasteiger partial charge in [-0.2, -0.15) is 18.2 Å². The molecule has 7 heteroatoms. The molecule has 162 valence electrons. The van der Waals surface area contributed by atoms with Crippen molar-refractivity contribution in [3.8, 4) is 5.88 Å². The summed E-state index contributed by atoms with van der Waals surface area (Å²) in [7, 11) is 1.31. The van der Waals surface area contributed by atoms with Crippen molar-refractivity contribution < 1.29 is 17.9 Å². The predicted octanol–water partition coefficient (Wildman–Crippen LogP) is 5.63. The second-order valence-corrected chi connectivity index (χ2v) is 7.63. The van der Waals surface area contributed by atoms with E-state index in [-0.39, 0.29) is 17.7 Å². The molecular formula is C24H24F3N3O. The molecule has 0 amide bonds. The Kier molecular flexibility index (Phi) is 6.11. The van der Waals surface area contributed by atoms with Crippen molar-refractivity contribution in [1.29, 1.82) is 0 Å². The maximum absolute atomic E-state index is 13.4. The lowest BCUT2D eigenvalue weighted by atomic mass is 9.89. The van der Waals surface area contributed by atoms with Gasteiger partial charge in [-0.3, -0.25) is 0 Å². The molecule has 2 aromatic carbocycles. The first-order valence-corrected chi connectivity index (χ1v) is 10.3. The van der Waals surface area contributed by atoms with Gasteiger partial charge in [0.2, 0.25) is 11.7 Å². The van der Waals surface area contributed by atoms with E-state index in [1.165, 1.54) is 24.3 Å². The van der Waals surface area contributed by atoms with E-state index in [2.05, 4.69) is 34.2 Å². The Morgan fingerprint density at radius 3 is 2.52 bits per heavy atom. The number of halogens is 3. The van der Waals surface area contributed by atoms with Gasteiger partial charge in [0.25, 0.3) is 0 Å². The van der Waals surface area contributed by atoms with Crippen LogP contribution in [0.5, 0.6) is 5.88 Å². The normalized spacial score (nSPS) is 16.1. The first kappa shape index (κ1) is 21.2. The minimum Gasteiger partial charge on any atom is -0.481 e. The average molecular weight is 427 g/mol. The zero-order chi connectivity index (χ0) is 21.8.